The maximum absolute atomic E-state index is 13.1. The van der Waals surface area contributed by atoms with Crippen LogP contribution in [0.5, 0.6) is 0 Å². The summed E-state index contributed by atoms with van der Waals surface area (Å²) in [4.78, 5) is 1.90. The predicted octanol–water partition coefficient (Wildman–Crippen LogP) is 4.36. The molecule has 18 heavy (non-hydrogen) atoms. The Morgan fingerprint density at radius 3 is 2.44 bits per heavy atom. The zero-order chi connectivity index (χ0) is 13.1. The normalized spacial score (nSPS) is 10.4. The van der Waals surface area contributed by atoms with Crippen molar-refractivity contribution in [2.24, 2.45) is 0 Å². The largest absolute Gasteiger partial charge is 0.370 e. The molecule has 0 radical (unpaired) electrons. The first kappa shape index (κ1) is 13.0. The molecule has 0 aliphatic rings. The molecule has 1 nitrogen and oxygen atoms in total. The lowest BCUT2D eigenvalue weighted by Gasteiger charge is -2.20. The highest BCUT2D eigenvalue weighted by atomic mass is 79.9. The van der Waals surface area contributed by atoms with Crippen LogP contribution in [0.1, 0.15) is 5.56 Å². The van der Waals surface area contributed by atoms with Gasteiger partial charge in [-0.3, -0.25) is 0 Å². The lowest BCUT2D eigenvalue weighted by molar-refractivity contribution is 0.625. The Hall–Kier alpha value is -1.42. The van der Waals surface area contributed by atoms with Crippen molar-refractivity contribution in [3.8, 4) is 0 Å². The predicted molar refractivity (Wildman–Crippen MR) is 72.6 cm³/mol. The van der Waals surface area contributed by atoms with Gasteiger partial charge in [0.05, 0.1) is 0 Å². The average molecular weight is 312 g/mol. The van der Waals surface area contributed by atoms with Gasteiger partial charge < -0.3 is 4.90 Å². The van der Waals surface area contributed by atoms with Crippen molar-refractivity contribution in [2.75, 3.05) is 11.9 Å². The van der Waals surface area contributed by atoms with Crippen molar-refractivity contribution in [1.29, 1.82) is 0 Å². The molecule has 0 unspecified atom stereocenters. The first-order valence-electron chi connectivity index (χ1n) is 5.47. The van der Waals surface area contributed by atoms with E-state index in [2.05, 4.69) is 15.9 Å². The SMILES string of the molecule is CN(Cc1ccc(F)cc1Br)c1cccc(F)c1. The van der Waals surface area contributed by atoms with Crippen LogP contribution in [0.15, 0.2) is 46.9 Å². The molecule has 0 amide bonds. The van der Waals surface area contributed by atoms with Crippen molar-refractivity contribution < 1.29 is 8.78 Å². The molecule has 0 fully saturated rings. The molecular weight excluding hydrogens is 300 g/mol. The van der Waals surface area contributed by atoms with Gasteiger partial charge >= 0.3 is 0 Å². The molecule has 0 aliphatic carbocycles. The summed E-state index contributed by atoms with van der Waals surface area (Å²) in [6.45, 7) is 0.574. The highest BCUT2D eigenvalue weighted by Gasteiger charge is 2.06. The van der Waals surface area contributed by atoms with Crippen LogP contribution in [-0.2, 0) is 6.54 Å². The van der Waals surface area contributed by atoms with E-state index in [0.29, 0.717) is 11.0 Å². The lowest BCUT2D eigenvalue weighted by Crippen LogP contribution is -2.16. The minimum absolute atomic E-state index is 0.266. The van der Waals surface area contributed by atoms with Gasteiger partial charge in [-0.1, -0.05) is 28.1 Å². The molecule has 2 aromatic rings. The van der Waals surface area contributed by atoms with Crippen LogP contribution in [0, 0.1) is 11.6 Å². The number of benzene rings is 2. The molecule has 0 saturated carbocycles. The fourth-order valence-electron chi connectivity index (χ4n) is 1.71. The zero-order valence-electron chi connectivity index (χ0n) is 9.83. The van der Waals surface area contributed by atoms with E-state index < -0.39 is 0 Å². The fourth-order valence-corrected chi connectivity index (χ4v) is 2.19. The molecule has 0 heterocycles. The summed E-state index contributed by atoms with van der Waals surface area (Å²) in [6, 6.07) is 10.9. The van der Waals surface area contributed by atoms with Crippen LogP contribution in [0.2, 0.25) is 0 Å². The molecule has 0 saturated heterocycles. The first-order valence-corrected chi connectivity index (χ1v) is 6.26. The van der Waals surface area contributed by atoms with E-state index in [1.807, 2.05) is 18.0 Å². The molecule has 0 atom stereocenters. The molecule has 2 aromatic carbocycles. The monoisotopic (exact) mass is 311 g/mol. The van der Waals surface area contributed by atoms with E-state index in [1.54, 1.807) is 12.1 Å². The van der Waals surface area contributed by atoms with E-state index in [-0.39, 0.29) is 11.6 Å². The molecular formula is C14H12BrF2N. The summed E-state index contributed by atoms with van der Waals surface area (Å²) in [5.74, 6) is -0.545. The molecule has 0 N–H and O–H groups in total. The molecule has 2 rings (SSSR count). The van der Waals surface area contributed by atoms with Gasteiger partial charge in [-0.25, -0.2) is 8.78 Å². The second-order valence-electron chi connectivity index (χ2n) is 4.07. The van der Waals surface area contributed by atoms with Crippen molar-refractivity contribution in [3.63, 3.8) is 0 Å². The third kappa shape index (κ3) is 3.07. The first-order chi connectivity index (χ1) is 8.56. The second kappa shape index (κ2) is 5.48. The highest BCUT2D eigenvalue weighted by molar-refractivity contribution is 9.10. The van der Waals surface area contributed by atoms with Crippen LogP contribution in [0.4, 0.5) is 14.5 Å². The quantitative estimate of drug-likeness (QED) is 0.814. The van der Waals surface area contributed by atoms with Gasteiger partial charge in [0.15, 0.2) is 0 Å². The summed E-state index contributed by atoms with van der Waals surface area (Å²) in [5, 5.41) is 0. The van der Waals surface area contributed by atoms with Crippen LogP contribution < -0.4 is 4.90 Å². The Balaban J connectivity index is 2.18. The van der Waals surface area contributed by atoms with Crippen molar-refractivity contribution >= 4 is 21.6 Å². The van der Waals surface area contributed by atoms with E-state index in [4.69, 9.17) is 0 Å². The third-order valence-corrected chi connectivity index (χ3v) is 3.41. The van der Waals surface area contributed by atoms with Crippen molar-refractivity contribution in [1.82, 2.24) is 0 Å². The molecule has 0 spiro atoms. The standard InChI is InChI=1S/C14H12BrF2N/c1-18(13-4-2-3-11(16)7-13)9-10-5-6-12(17)8-14(10)15/h2-8H,9H2,1H3. The van der Waals surface area contributed by atoms with Gasteiger partial charge in [0.1, 0.15) is 11.6 Å². The van der Waals surface area contributed by atoms with Gasteiger partial charge in [-0.2, -0.15) is 0 Å². The number of nitrogens with zero attached hydrogens (tertiary/aromatic N) is 1. The van der Waals surface area contributed by atoms with Crippen molar-refractivity contribution in [2.45, 2.75) is 6.54 Å². The molecule has 0 aliphatic heterocycles. The topological polar surface area (TPSA) is 3.24 Å². The smallest absolute Gasteiger partial charge is 0.125 e. The Labute approximate surface area is 113 Å². The molecule has 0 aromatic heterocycles. The number of hydrogen-bond donors (Lipinski definition) is 0. The summed E-state index contributed by atoms with van der Waals surface area (Å²) < 4.78 is 26.8. The van der Waals surface area contributed by atoms with Crippen LogP contribution in [0.3, 0.4) is 0 Å². The number of hydrogen-bond acceptors (Lipinski definition) is 1. The highest BCUT2D eigenvalue weighted by Crippen LogP contribution is 2.22. The zero-order valence-corrected chi connectivity index (χ0v) is 11.4. The Kier molecular flexibility index (Phi) is 3.97. The molecule has 0 bridgehead atoms. The van der Waals surface area contributed by atoms with Crippen LogP contribution in [-0.4, -0.2) is 7.05 Å². The summed E-state index contributed by atoms with van der Waals surface area (Å²) in [6.07, 6.45) is 0. The maximum Gasteiger partial charge on any atom is 0.125 e. The Morgan fingerprint density at radius 2 is 1.78 bits per heavy atom. The van der Waals surface area contributed by atoms with Gasteiger partial charge in [0.2, 0.25) is 0 Å². The van der Waals surface area contributed by atoms with E-state index in [1.165, 1.54) is 24.3 Å². The number of anilines is 1. The summed E-state index contributed by atoms with van der Waals surface area (Å²) in [7, 11) is 1.87. The van der Waals surface area contributed by atoms with Gasteiger partial charge in [-0.05, 0) is 35.9 Å². The van der Waals surface area contributed by atoms with E-state index in [0.717, 1.165) is 11.3 Å². The van der Waals surface area contributed by atoms with Gasteiger partial charge in [-0.15, -0.1) is 0 Å². The van der Waals surface area contributed by atoms with Crippen molar-refractivity contribution in [3.05, 3.63) is 64.1 Å². The number of halogens is 3. The Bertz CT molecular complexity index is 557. The average Bonchev–Trinajstić information content (AvgIpc) is 2.32. The van der Waals surface area contributed by atoms with Crippen LogP contribution in [0.25, 0.3) is 0 Å². The minimum atomic E-state index is -0.279. The van der Waals surface area contributed by atoms with E-state index in [9.17, 15) is 8.78 Å². The third-order valence-electron chi connectivity index (χ3n) is 2.67. The second-order valence-corrected chi connectivity index (χ2v) is 4.93. The fraction of sp³-hybridized carbons (Fsp3) is 0.143. The van der Waals surface area contributed by atoms with Gasteiger partial charge in [0, 0.05) is 23.8 Å². The van der Waals surface area contributed by atoms with Gasteiger partial charge in [0.25, 0.3) is 0 Å². The summed E-state index contributed by atoms with van der Waals surface area (Å²) in [5.41, 5.74) is 1.73. The van der Waals surface area contributed by atoms with E-state index >= 15 is 0 Å². The minimum Gasteiger partial charge on any atom is -0.370 e. The molecule has 94 valence electrons. The number of rotatable bonds is 3. The summed E-state index contributed by atoms with van der Waals surface area (Å²) >= 11 is 3.32. The molecule has 4 heteroatoms. The Morgan fingerprint density at radius 1 is 1.06 bits per heavy atom. The van der Waals surface area contributed by atoms with Crippen LogP contribution >= 0.6 is 15.9 Å². The lowest BCUT2D eigenvalue weighted by atomic mass is 10.2. The maximum atomic E-state index is 13.1.